The zero-order valence-electron chi connectivity index (χ0n) is 7.12. The molecule has 0 aliphatic rings. The fourth-order valence-corrected chi connectivity index (χ4v) is 0.749. The van der Waals surface area contributed by atoms with Crippen molar-refractivity contribution in [3.8, 4) is 0 Å². The summed E-state index contributed by atoms with van der Waals surface area (Å²) < 4.78 is 0. The van der Waals surface area contributed by atoms with Crippen LogP contribution in [0.4, 0.5) is 0 Å². The average Bonchev–Trinajstić information content (AvgIpc) is 2.03. The Bertz CT molecular complexity index is 134. The van der Waals surface area contributed by atoms with Gasteiger partial charge in [0.25, 0.3) is 0 Å². The smallest absolute Gasteiger partial charge is 0.142 e. The summed E-state index contributed by atoms with van der Waals surface area (Å²) in [5.74, 6) is 0. The van der Waals surface area contributed by atoms with Crippen LogP contribution in [0, 0.1) is 0 Å². The number of unbranched alkanes of at least 4 members (excludes halogenated alkanes) is 2. The fraction of sp³-hybridized carbons (Fsp3) is 0.500. The maximum Gasteiger partial charge on any atom is 0.142 e. The van der Waals surface area contributed by atoms with E-state index in [-0.39, 0.29) is 0 Å². The number of carbonyl (C=O) groups is 1. The third-order valence-electron chi connectivity index (χ3n) is 1.38. The molecule has 0 aromatic carbocycles. The van der Waals surface area contributed by atoms with Gasteiger partial charge in [-0.15, -0.1) is 0 Å². The third-order valence-corrected chi connectivity index (χ3v) is 1.38. The minimum absolute atomic E-state index is 0.805. The molecule has 0 saturated heterocycles. The molecule has 0 aromatic rings. The molecule has 0 fully saturated rings. The van der Waals surface area contributed by atoms with Gasteiger partial charge in [-0.05, 0) is 18.9 Å². The van der Waals surface area contributed by atoms with Gasteiger partial charge in [-0.25, -0.2) is 0 Å². The predicted octanol–water partition coefficient (Wildman–Crippen LogP) is 2.88. The maximum atomic E-state index is 9.83. The lowest BCUT2D eigenvalue weighted by Crippen LogP contribution is -1.66. The summed E-state index contributed by atoms with van der Waals surface area (Å²) in [6, 6.07) is 0. The normalized spacial score (nSPS) is 11.4. The Morgan fingerprint density at radius 2 is 2.00 bits per heavy atom. The summed E-state index contributed by atoms with van der Waals surface area (Å²) in [7, 11) is 0. The molecule has 0 spiro atoms. The van der Waals surface area contributed by atoms with Crippen molar-refractivity contribution in [2.24, 2.45) is 0 Å². The average molecular weight is 152 g/mol. The first-order chi connectivity index (χ1) is 5.41. The Labute approximate surface area is 68.8 Å². The van der Waals surface area contributed by atoms with E-state index in [0.29, 0.717) is 0 Å². The molecule has 1 nitrogen and oxygen atoms in total. The van der Waals surface area contributed by atoms with Crippen LogP contribution in [0.5, 0.6) is 0 Å². The molecule has 0 N–H and O–H groups in total. The van der Waals surface area contributed by atoms with Crippen molar-refractivity contribution in [3.05, 3.63) is 24.3 Å². The summed E-state index contributed by atoms with van der Waals surface area (Å²) in [4.78, 5) is 9.83. The number of aldehydes is 1. The minimum Gasteiger partial charge on any atom is -0.299 e. The molecule has 0 aliphatic heterocycles. The Hall–Kier alpha value is -0.850. The lowest BCUT2D eigenvalue weighted by atomic mass is 10.2. The van der Waals surface area contributed by atoms with E-state index >= 15 is 0 Å². The van der Waals surface area contributed by atoms with Gasteiger partial charge in [0.1, 0.15) is 6.29 Å². The van der Waals surface area contributed by atoms with E-state index in [1.54, 1.807) is 0 Å². The van der Waals surface area contributed by atoms with E-state index in [4.69, 9.17) is 0 Å². The van der Waals surface area contributed by atoms with Crippen LogP contribution >= 0.6 is 0 Å². The standard InChI is InChI=1S/C10H16O/c1-2-3-4-5-6-7-8-9-10-11/h5-6,8-10H,2-4,7H2,1H3/b6-5+,9-8+. The first kappa shape index (κ1) is 10.2. The van der Waals surface area contributed by atoms with Gasteiger partial charge >= 0.3 is 0 Å². The number of hydrogen-bond acceptors (Lipinski definition) is 1. The summed E-state index contributed by atoms with van der Waals surface area (Å²) in [6.45, 7) is 2.18. The predicted molar refractivity (Wildman–Crippen MR) is 48.5 cm³/mol. The van der Waals surface area contributed by atoms with Gasteiger partial charge in [0.2, 0.25) is 0 Å². The molecule has 0 heterocycles. The first-order valence-corrected chi connectivity index (χ1v) is 4.17. The zero-order valence-corrected chi connectivity index (χ0v) is 7.12. The number of rotatable bonds is 6. The summed E-state index contributed by atoms with van der Waals surface area (Å²) >= 11 is 0. The van der Waals surface area contributed by atoms with Crippen LogP contribution in [0.25, 0.3) is 0 Å². The minimum atomic E-state index is 0.805. The molecular weight excluding hydrogens is 136 g/mol. The van der Waals surface area contributed by atoms with Gasteiger partial charge in [-0.2, -0.15) is 0 Å². The maximum absolute atomic E-state index is 9.83. The van der Waals surface area contributed by atoms with Gasteiger partial charge in [0, 0.05) is 0 Å². The van der Waals surface area contributed by atoms with Crippen LogP contribution in [-0.4, -0.2) is 6.29 Å². The highest BCUT2D eigenvalue weighted by atomic mass is 16.1. The van der Waals surface area contributed by atoms with Crippen LogP contribution in [-0.2, 0) is 4.79 Å². The summed E-state index contributed by atoms with van der Waals surface area (Å²) in [6.07, 6.45) is 13.0. The van der Waals surface area contributed by atoms with Gasteiger partial charge < -0.3 is 0 Å². The monoisotopic (exact) mass is 152 g/mol. The topological polar surface area (TPSA) is 17.1 Å². The molecule has 11 heavy (non-hydrogen) atoms. The Morgan fingerprint density at radius 3 is 2.64 bits per heavy atom. The lowest BCUT2D eigenvalue weighted by Gasteiger charge is -1.86. The highest BCUT2D eigenvalue weighted by molar-refractivity contribution is 5.64. The molecule has 0 aliphatic carbocycles. The van der Waals surface area contributed by atoms with Crippen molar-refractivity contribution >= 4 is 6.29 Å². The van der Waals surface area contributed by atoms with Crippen molar-refractivity contribution in [2.45, 2.75) is 32.6 Å². The Balaban J connectivity index is 3.15. The van der Waals surface area contributed by atoms with Crippen LogP contribution in [0.3, 0.4) is 0 Å². The molecule has 1 heteroatoms. The van der Waals surface area contributed by atoms with E-state index < -0.39 is 0 Å². The van der Waals surface area contributed by atoms with Crippen LogP contribution in [0.2, 0.25) is 0 Å². The van der Waals surface area contributed by atoms with Crippen molar-refractivity contribution in [1.82, 2.24) is 0 Å². The van der Waals surface area contributed by atoms with E-state index in [0.717, 1.165) is 19.1 Å². The van der Waals surface area contributed by atoms with Gasteiger partial charge in [0.05, 0.1) is 0 Å². The van der Waals surface area contributed by atoms with E-state index in [1.807, 2.05) is 6.08 Å². The molecule has 0 unspecified atom stereocenters. The van der Waals surface area contributed by atoms with E-state index in [9.17, 15) is 4.79 Å². The highest BCUT2D eigenvalue weighted by Gasteiger charge is 1.76. The Kier molecular flexibility index (Phi) is 8.44. The Morgan fingerprint density at radius 1 is 1.18 bits per heavy atom. The van der Waals surface area contributed by atoms with Gasteiger partial charge in [-0.1, -0.05) is 38.0 Å². The van der Waals surface area contributed by atoms with Gasteiger partial charge in [0.15, 0.2) is 0 Å². The van der Waals surface area contributed by atoms with Crippen molar-refractivity contribution in [1.29, 1.82) is 0 Å². The SMILES string of the molecule is CCCC/C=C/C/C=C/C=O. The first-order valence-electron chi connectivity index (χ1n) is 4.17. The second-order valence-electron chi connectivity index (χ2n) is 2.41. The fourth-order valence-electron chi connectivity index (χ4n) is 0.749. The number of allylic oxidation sites excluding steroid dienone is 4. The molecule has 62 valence electrons. The number of hydrogen-bond donors (Lipinski definition) is 0. The molecule has 0 amide bonds. The molecule has 0 atom stereocenters. The van der Waals surface area contributed by atoms with Crippen molar-refractivity contribution < 1.29 is 4.79 Å². The van der Waals surface area contributed by atoms with Crippen LogP contribution < -0.4 is 0 Å². The second kappa shape index (κ2) is 9.15. The van der Waals surface area contributed by atoms with E-state index in [1.165, 1.54) is 18.9 Å². The lowest BCUT2D eigenvalue weighted by molar-refractivity contribution is -0.104. The molecule has 0 saturated carbocycles. The van der Waals surface area contributed by atoms with Crippen molar-refractivity contribution in [3.63, 3.8) is 0 Å². The molecule has 0 rings (SSSR count). The quantitative estimate of drug-likeness (QED) is 0.247. The summed E-state index contributed by atoms with van der Waals surface area (Å²) in [5.41, 5.74) is 0. The molecular formula is C10H16O. The van der Waals surface area contributed by atoms with Gasteiger partial charge in [-0.3, -0.25) is 4.79 Å². The molecule has 0 bridgehead atoms. The zero-order chi connectivity index (χ0) is 8.36. The highest BCUT2D eigenvalue weighted by Crippen LogP contribution is 1.96. The second-order valence-corrected chi connectivity index (χ2v) is 2.41. The van der Waals surface area contributed by atoms with Crippen LogP contribution in [0.1, 0.15) is 32.6 Å². The van der Waals surface area contributed by atoms with Crippen LogP contribution in [0.15, 0.2) is 24.3 Å². The van der Waals surface area contributed by atoms with Crippen molar-refractivity contribution in [2.75, 3.05) is 0 Å². The third kappa shape index (κ3) is 9.15. The largest absolute Gasteiger partial charge is 0.299 e. The summed E-state index contributed by atoms with van der Waals surface area (Å²) in [5, 5.41) is 0. The molecule has 0 aromatic heterocycles. The van der Waals surface area contributed by atoms with E-state index in [2.05, 4.69) is 19.1 Å². The molecule has 0 radical (unpaired) electrons. The number of carbonyl (C=O) groups excluding carboxylic acids is 1.